The van der Waals surface area contributed by atoms with Crippen LogP contribution < -0.4 is 4.74 Å². The number of likely N-dealkylation sites (tertiary alicyclic amines) is 1. The van der Waals surface area contributed by atoms with Crippen LogP contribution in [-0.4, -0.2) is 28.9 Å². The Hall–Kier alpha value is -2.73. The van der Waals surface area contributed by atoms with Crippen molar-refractivity contribution < 1.29 is 13.9 Å². The number of rotatable bonds is 5. The number of thiazole rings is 1. The Kier molecular flexibility index (Phi) is 5.16. The molecule has 0 atom stereocenters. The number of carbonyl (C=O) groups excluding carboxylic acids is 1. The van der Waals surface area contributed by atoms with Gasteiger partial charge in [-0.2, -0.15) is 0 Å². The van der Waals surface area contributed by atoms with E-state index in [-0.39, 0.29) is 18.3 Å². The molecule has 1 aliphatic heterocycles. The normalized spacial score (nSPS) is 13.7. The van der Waals surface area contributed by atoms with Crippen LogP contribution >= 0.6 is 11.3 Å². The molecule has 0 spiro atoms. The molecule has 2 aromatic carbocycles. The van der Waals surface area contributed by atoms with Crippen molar-refractivity contribution >= 4 is 17.2 Å². The van der Waals surface area contributed by atoms with Crippen LogP contribution in [0.15, 0.2) is 53.9 Å². The van der Waals surface area contributed by atoms with E-state index in [0.29, 0.717) is 17.0 Å². The van der Waals surface area contributed by atoms with Crippen LogP contribution in [-0.2, 0) is 6.61 Å². The smallest absolute Gasteiger partial charge is 0.273 e. The van der Waals surface area contributed by atoms with Crippen molar-refractivity contribution in [2.24, 2.45) is 0 Å². The number of halogens is 1. The minimum absolute atomic E-state index is 0.0137. The molecule has 0 radical (unpaired) electrons. The van der Waals surface area contributed by atoms with Gasteiger partial charge in [0.25, 0.3) is 5.91 Å². The molecule has 0 bridgehead atoms. The molecule has 3 aromatic rings. The standard InChI is InChI=1S/C21H19FN2O2S/c22-18-6-2-1-5-16(18)13-26-17-9-7-15(8-10-17)20-23-19(14-27-20)21(25)24-11-3-4-12-24/h1-2,5-10,14H,3-4,11-13H2. The summed E-state index contributed by atoms with van der Waals surface area (Å²) in [6, 6.07) is 14.0. The number of hydrogen-bond acceptors (Lipinski definition) is 4. The maximum Gasteiger partial charge on any atom is 0.273 e. The van der Waals surface area contributed by atoms with Crippen molar-refractivity contribution in [2.45, 2.75) is 19.4 Å². The minimum Gasteiger partial charge on any atom is -0.489 e. The highest BCUT2D eigenvalue weighted by Gasteiger charge is 2.21. The fraction of sp³-hybridized carbons (Fsp3) is 0.238. The fourth-order valence-electron chi connectivity index (χ4n) is 3.06. The molecule has 0 aliphatic carbocycles. The summed E-state index contributed by atoms with van der Waals surface area (Å²) in [7, 11) is 0. The molecule has 1 aromatic heterocycles. The molecule has 1 fully saturated rings. The van der Waals surface area contributed by atoms with Gasteiger partial charge in [0.05, 0.1) is 0 Å². The molecule has 2 heterocycles. The van der Waals surface area contributed by atoms with Gasteiger partial charge in [-0.1, -0.05) is 18.2 Å². The molecule has 138 valence electrons. The summed E-state index contributed by atoms with van der Waals surface area (Å²) < 4.78 is 19.3. The summed E-state index contributed by atoms with van der Waals surface area (Å²) in [6.07, 6.45) is 2.13. The molecule has 27 heavy (non-hydrogen) atoms. The van der Waals surface area contributed by atoms with Crippen molar-refractivity contribution in [3.05, 3.63) is 71.0 Å². The Labute approximate surface area is 161 Å². The third-order valence-electron chi connectivity index (χ3n) is 4.57. The summed E-state index contributed by atoms with van der Waals surface area (Å²) >= 11 is 1.46. The number of ether oxygens (including phenoxy) is 1. The van der Waals surface area contributed by atoms with Gasteiger partial charge in [-0.05, 0) is 43.2 Å². The second-order valence-corrected chi connectivity index (χ2v) is 7.30. The second kappa shape index (κ2) is 7.88. The third kappa shape index (κ3) is 4.01. The Morgan fingerprint density at radius 2 is 1.85 bits per heavy atom. The average Bonchev–Trinajstić information content (AvgIpc) is 3.39. The minimum atomic E-state index is -0.271. The van der Waals surface area contributed by atoms with Gasteiger partial charge in [-0.25, -0.2) is 9.37 Å². The first-order valence-corrected chi connectivity index (χ1v) is 9.80. The molecular formula is C21H19FN2O2S. The Morgan fingerprint density at radius 3 is 2.59 bits per heavy atom. The number of amides is 1. The van der Waals surface area contributed by atoms with Gasteiger partial charge in [-0.3, -0.25) is 4.79 Å². The van der Waals surface area contributed by atoms with Crippen molar-refractivity contribution in [3.63, 3.8) is 0 Å². The monoisotopic (exact) mass is 382 g/mol. The Balaban J connectivity index is 1.42. The van der Waals surface area contributed by atoms with E-state index < -0.39 is 0 Å². The largest absolute Gasteiger partial charge is 0.489 e. The molecule has 6 heteroatoms. The van der Waals surface area contributed by atoms with E-state index in [9.17, 15) is 9.18 Å². The zero-order valence-electron chi connectivity index (χ0n) is 14.7. The summed E-state index contributed by atoms with van der Waals surface area (Å²) in [5.41, 5.74) is 1.96. The van der Waals surface area contributed by atoms with Crippen molar-refractivity contribution in [1.29, 1.82) is 0 Å². The maximum absolute atomic E-state index is 13.6. The number of benzene rings is 2. The van der Waals surface area contributed by atoms with Crippen LogP contribution in [0.5, 0.6) is 5.75 Å². The van der Waals surface area contributed by atoms with Gasteiger partial charge in [0.15, 0.2) is 0 Å². The molecule has 4 nitrogen and oxygen atoms in total. The molecule has 1 amide bonds. The summed E-state index contributed by atoms with van der Waals surface area (Å²) in [6.45, 7) is 1.82. The van der Waals surface area contributed by atoms with Crippen LogP contribution in [0.1, 0.15) is 28.9 Å². The van der Waals surface area contributed by atoms with E-state index >= 15 is 0 Å². The zero-order valence-corrected chi connectivity index (χ0v) is 15.5. The SMILES string of the molecule is O=C(c1csc(-c2ccc(OCc3ccccc3F)cc2)n1)N1CCCC1. The van der Waals surface area contributed by atoms with Gasteiger partial charge in [0.1, 0.15) is 28.9 Å². The molecule has 0 unspecified atom stereocenters. The van der Waals surface area contributed by atoms with Crippen LogP contribution in [0.3, 0.4) is 0 Å². The molecular weight excluding hydrogens is 363 g/mol. The highest BCUT2D eigenvalue weighted by Crippen LogP contribution is 2.27. The molecule has 1 saturated heterocycles. The molecule has 1 aliphatic rings. The van der Waals surface area contributed by atoms with Crippen LogP contribution in [0.25, 0.3) is 10.6 Å². The average molecular weight is 382 g/mol. The van der Waals surface area contributed by atoms with Crippen LogP contribution in [0.4, 0.5) is 4.39 Å². The summed E-state index contributed by atoms with van der Waals surface area (Å²) in [5.74, 6) is 0.402. The summed E-state index contributed by atoms with van der Waals surface area (Å²) in [4.78, 5) is 18.8. The van der Waals surface area contributed by atoms with E-state index in [1.165, 1.54) is 17.4 Å². The van der Waals surface area contributed by atoms with Gasteiger partial charge in [0.2, 0.25) is 0 Å². The number of nitrogens with zero attached hydrogens (tertiary/aromatic N) is 2. The van der Waals surface area contributed by atoms with E-state index in [1.807, 2.05) is 34.5 Å². The Bertz CT molecular complexity index is 933. The van der Waals surface area contributed by atoms with Crippen LogP contribution in [0, 0.1) is 5.82 Å². The number of aromatic nitrogens is 1. The highest BCUT2D eigenvalue weighted by molar-refractivity contribution is 7.13. The summed E-state index contributed by atoms with van der Waals surface area (Å²) in [5, 5.41) is 2.62. The van der Waals surface area contributed by atoms with Crippen molar-refractivity contribution in [1.82, 2.24) is 9.88 Å². The Morgan fingerprint density at radius 1 is 1.11 bits per heavy atom. The highest BCUT2D eigenvalue weighted by atomic mass is 32.1. The van der Waals surface area contributed by atoms with Crippen molar-refractivity contribution in [2.75, 3.05) is 13.1 Å². The van der Waals surface area contributed by atoms with E-state index in [4.69, 9.17) is 4.74 Å². The topological polar surface area (TPSA) is 42.4 Å². The van der Waals surface area contributed by atoms with Gasteiger partial charge in [0, 0.05) is 29.6 Å². The van der Waals surface area contributed by atoms with E-state index in [0.717, 1.165) is 36.5 Å². The third-order valence-corrected chi connectivity index (χ3v) is 5.46. The van der Waals surface area contributed by atoms with E-state index in [1.54, 1.807) is 18.2 Å². The first-order valence-electron chi connectivity index (χ1n) is 8.92. The predicted octanol–water partition coefficient (Wildman–Crippen LogP) is 4.76. The molecule has 0 saturated carbocycles. The lowest BCUT2D eigenvalue weighted by molar-refractivity contribution is 0.0788. The second-order valence-electron chi connectivity index (χ2n) is 6.44. The predicted molar refractivity (Wildman–Crippen MR) is 103 cm³/mol. The lowest BCUT2D eigenvalue weighted by atomic mass is 10.2. The lowest BCUT2D eigenvalue weighted by Gasteiger charge is -2.12. The van der Waals surface area contributed by atoms with Crippen LogP contribution in [0.2, 0.25) is 0 Å². The quantitative estimate of drug-likeness (QED) is 0.639. The van der Waals surface area contributed by atoms with E-state index in [2.05, 4.69) is 4.98 Å². The maximum atomic E-state index is 13.6. The van der Waals surface area contributed by atoms with Crippen molar-refractivity contribution in [3.8, 4) is 16.3 Å². The van der Waals surface area contributed by atoms with Gasteiger partial charge >= 0.3 is 0 Å². The first kappa shape index (κ1) is 17.7. The number of hydrogen-bond donors (Lipinski definition) is 0. The van der Waals surface area contributed by atoms with Gasteiger partial charge < -0.3 is 9.64 Å². The lowest BCUT2D eigenvalue weighted by Crippen LogP contribution is -2.27. The fourth-order valence-corrected chi connectivity index (χ4v) is 3.86. The molecule has 4 rings (SSSR count). The van der Waals surface area contributed by atoms with Gasteiger partial charge in [-0.15, -0.1) is 11.3 Å². The first-order chi connectivity index (χ1) is 13.2. The molecule has 0 N–H and O–H groups in total. The zero-order chi connectivity index (χ0) is 18.6. The number of carbonyl (C=O) groups is 1.